The molecule has 1 aliphatic rings. The molecule has 19 heavy (non-hydrogen) atoms. The lowest BCUT2D eigenvalue weighted by molar-refractivity contribution is -0.122. The van der Waals surface area contributed by atoms with Gasteiger partial charge in [0.15, 0.2) is 0 Å². The highest BCUT2D eigenvalue weighted by molar-refractivity contribution is 5.78. The fourth-order valence-corrected chi connectivity index (χ4v) is 2.25. The first-order valence-corrected chi connectivity index (χ1v) is 6.61. The van der Waals surface area contributed by atoms with Crippen LogP contribution in [0.1, 0.15) is 12.5 Å². The molecule has 2 rings (SSSR count). The average molecular weight is 265 g/mol. The van der Waals surface area contributed by atoms with Crippen LogP contribution in [-0.4, -0.2) is 43.0 Å². The zero-order chi connectivity index (χ0) is 13.7. The van der Waals surface area contributed by atoms with Crippen LogP contribution in [0.25, 0.3) is 0 Å². The van der Waals surface area contributed by atoms with Gasteiger partial charge in [-0.05, 0) is 13.0 Å². The summed E-state index contributed by atoms with van der Waals surface area (Å²) in [6, 6.07) is 6.90. The van der Waals surface area contributed by atoms with E-state index in [1.807, 2.05) is 0 Å². The number of piperazine rings is 1. The van der Waals surface area contributed by atoms with Crippen LogP contribution in [0.3, 0.4) is 0 Å². The van der Waals surface area contributed by atoms with Gasteiger partial charge in [0.2, 0.25) is 5.91 Å². The Kier molecular flexibility index (Phi) is 4.87. The molecular formula is C14H20FN3O. The average Bonchev–Trinajstić information content (AvgIpc) is 2.38. The first kappa shape index (κ1) is 14.0. The van der Waals surface area contributed by atoms with Crippen LogP contribution < -0.4 is 10.6 Å². The minimum Gasteiger partial charge on any atom is -0.351 e. The minimum atomic E-state index is -0.279. The Morgan fingerprint density at radius 3 is 3.05 bits per heavy atom. The largest absolute Gasteiger partial charge is 0.351 e. The van der Waals surface area contributed by atoms with Gasteiger partial charge in [0.05, 0.1) is 6.54 Å². The van der Waals surface area contributed by atoms with Crippen LogP contribution in [0.15, 0.2) is 24.3 Å². The van der Waals surface area contributed by atoms with Crippen LogP contribution >= 0.6 is 0 Å². The summed E-state index contributed by atoms with van der Waals surface area (Å²) >= 11 is 0. The number of nitrogens with one attached hydrogen (secondary N) is 2. The lowest BCUT2D eigenvalue weighted by Crippen LogP contribution is -2.51. The summed E-state index contributed by atoms with van der Waals surface area (Å²) in [5.74, 6) is -0.337. The van der Waals surface area contributed by atoms with E-state index >= 15 is 0 Å². The van der Waals surface area contributed by atoms with Crippen molar-refractivity contribution in [3.05, 3.63) is 35.6 Å². The summed E-state index contributed by atoms with van der Waals surface area (Å²) in [6.45, 7) is 5.36. The number of carbonyl (C=O) groups excluding carboxylic acids is 1. The predicted octanol–water partition coefficient (Wildman–Crippen LogP) is 0.736. The summed E-state index contributed by atoms with van der Waals surface area (Å²) in [5.41, 5.74) is 0.518. The number of hydrogen-bond donors (Lipinski definition) is 2. The van der Waals surface area contributed by atoms with Gasteiger partial charge in [-0.3, -0.25) is 9.69 Å². The maximum Gasteiger partial charge on any atom is 0.234 e. The second-order valence-electron chi connectivity index (χ2n) is 4.96. The SMILES string of the molecule is CC1CN(CC(=O)NCc2ccccc2F)CCN1. The molecule has 0 bridgehead atoms. The number of halogens is 1. The quantitative estimate of drug-likeness (QED) is 0.844. The van der Waals surface area contributed by atoms with Gasteiger partial charge in [-0.25, -0.2) is 4.39 Å². The Morgan fingerprint density at radius 1 is 1.53 bits per heavy atom. The smallest absolute Gasteiger partial charge is 0.234 e. The van der Waals surface area contributed by atoms with Crippen molar-refractivity contribution in [2.45, 2.75) is 19.5 Å². The molecule has 0 spiro atoms. The molecule has 1 heterocycles. The summed E-state index contributed by atoms with van der Waals surface area (Å²) < 4.78 is 13.4. The number of nitrogens with zero attached hydrogens (tertiary/aromatic N) is 1. The van der Waals surface area contributed by atoms with Gasteiger partial charge < -0.3 is 10.6 Å². The number of benzene rings is 1. The number of carbonyl (C=O) groups is 1. The number of hydrogen-bond acceptors (Lipinski definition) is 3. The molecule has 1 aromatic carbocycles. The molecule has 1 aliphatic heterocycles. The third-order valence-corrected chi connectivity index (χ3v) is 3.25. The zero-order valence-electron chi connectivity index (χ0n) is 11.2. The minimum absolute atomic E-state index is 0.0580. The van der Waals surface area contributed by atoms with Crippen LogP contribution in [0.2, 0.25) is 0 Å². The third kappa shape index (κ3) is 4.29. The molecule has 1 atom stereocenters. The van der Waals surface area contributed by atoms with Crippen molar-refractivity contribution in [2.24, 2.45) is 0 Å². The van der Waals surface area contributed by atoms with E-state index in [0.717, 1.165) is 19.6 Å². The van der Waals surface area contributed by atoms with Gasteiger partial charge in [0.1, 0.15) is 5.82 Å². The number of rotatable bonds is 4. The molecule has 1 unspecified atom stereocenters. The van der Waals surface area contributed by atoms with Gasteiger partial charge in [0, 0.05) is 37.8 Å². The summed E-state index contributed by atoms with van der Waals surface area (Å²) in [5, 5.41) is 6.09. The monoisotopic (exact) mass is 265 g/mol. The van der Waals surface area contributed by atoms with E-state index in [9.17, 15) is 9.18 Å². The zero-order valence-corrected chi connectivity index (χ0v) is 11.2. The van der Waals surface area contributed by atoms with E-state index in [2.05, 4.69) is 22.5 Å². The highest BCUT2D eigenvalue weighted by atomic mass is 19.1. The van der Waals surface area contributed by atoms with Crippen molar-refractivity contribution in [3.8, 4) is 0 Å². The lowest BCUT2D eigenvalue weighted by atomic mass is 10.2. The summed E-state index contributed by atoms with van der Waals surface area (Å²) in [7, 11) is 0. The van der Waals surface area contributed by atoms with Crippen molar-refractivity contribution < 1.29 is 9.18 Å². The Balaban J connectivity index is 1.77. The van der Waals surface area contributed by atoms with Crippen molar-refractivity contribution in [1.82, 2.24) is 15.5 Å². The molecule has 1 aromatic rings. The van der Waals surface area contributed by atoms with Crippen molar-refractivity contribution in [1.29, 1.82) is 0 Å². The molecule has 0 radical (unpaired) electrons. The first-order chi connectivity index (χ1) is 9.15. The van der Waals surface area contributed by atoms with Gasteiger partial charge in [-0.15, -0.1) is 0 Å². The van der Waals surface area contributed by atoms with E-state index < -0.39 is 0 Å². The fourth-order valence-electron chi connectivity index (χ4n) is 2.25. The molecule has 104 valence electrons. The highest BCUT2D eigenvalue weighted by Gasteiger charge is 2.17. The van der Waals surface area contributed by atoms with Crippen LogP contribution in [0.5, 0.6) is 0 Å². The standard InChI is InChI=1S/C14H20FN3O/c1-11-9-18(7-6-16-11)10-14(19)17-8-12-4-2-3-5-13(12)15/h2-5,11,16H,6-10H2,1H3,(H,17,19). The van der Waals surface area contributed by atoms with Gasteiger partial charge in [0.25, 0.3) is 0 Å². The molecule has 0 saturated carbocycles. The first-order valence-electron chi connectivity index (χ1n) is 6.61. The molecule has 0 aliphatic carbocycles. The molecule has 1 saturated heterocycles. The second kappa shape index (κ2) is 6.63. The van der Waals surface area contributed by atoms with E-state index in [4.69, 9.17) is 0 Å². The molecule has 0 aromatic heterocycles. The summed E-state index contributed by atoms with van der Waals surface area (Å²) in [4.78, 5) is 13.9. The van der Waals surface area contributed by atoms with E-state index in [1.165, 1.54) is 6.07 Å². The van der Waals surface area contributed by atoms with Gasteiger partial charge >= 0.3 is 0 Å². The van der Waals surface area contributed by atoms with Crippen molar-refractivity contribution in [3.63, 3.8) is 0 Å². The Morgan fingerprint density at radius 2 is 2.32 bits per heavy atom. The van der Waals surface area contributed by atoms with Crippen LogP contribution in [0, 0.1) is 5.82 Å². The fraction of sp³-hybridized carbons (Fsp3) is 0.500. The van der Waals surface area contributed by atoms with Crippen LogP contribution in [0.4, 0.5) is 4.39 Å². The normalized spacial score (nSPS) is 20.2. The maximum absolute atomic E-state index is 13.4. The maximum atomic E-state index is 13.4. The highest BCUT2D eigenvalue weighted by Crippen LogP contribution is 2.05. The van der Waals surface area contributed by atoms with Crippen LogP contribution in [-0.2, 0) is 11.3 Å². The van der Waals surface area contributed by atoms with E-state index in [-0.39, 0.29) is 18.3 Å². The topological polar surface area (TPSA) is 44.4 Å². The molecular weight excluding hydrogens is 245 g/mol. The Bertz CT molecular complexity index is 438. The van der Waals surface area contributed by atoms with E-state index in [0.29, 0.717) is 18.2 Å². The molecule has 1 fully saturated rings. The third-order valence-electron chi connectivity index (χ3n) is 3.25. The second-order valence-corrected chi connectivity index (χ2v) is 4.96. The lowest BCUT2D eigenvalue weighted by Gasteiger charge is -2.31. The molecule has 4 nitrogen and oxygen atoms in total. The number of amides is 1. The molecule has 5 heteroatoms. The molecule has 2 N–H and O–H groups in total. The molecule has 1 amide bonds. The summed E-state index contributed by atoms with van der Waals surface area (Å²) in [6.07, 6.45) is 0. The Hall–Kier alpha value is -1.46. The van der Waals surface area contributed by atoms with Crippen molar-refractivity contribution in [2.75, 3.05) is 26.2 Å². The van der Waals surface area contributed by atoms with Gasteiger partial charge in [-0.2, -0.15) is 0 Å². The predicted molar refractivity (Wildman–Crippen MR) is 72.2 cm³/mol. The Labute approximate surface area is 113 Å². The van der Waals surface area contributed by atoms with Crippen molar-refractivity contribution >= 4 is 5.91 Å². The van der Waals surface area contributed by atoms with Gasteiger partial charge in [-0.1, -0.05) is 18.2 Å². The van der Waals surface area contributed by atoms with E-state index in [1.54, 1.807) is 18.2 Å².